The number of likely N-dealkylation sites (tertiary alicyclic amines) is 1. The van der Waals surface area contributed by atoms with Gasteiger partial charge in [-0.05, 0) is 39.0 Å². The number of amides is 2. The number of piperidine rings is 1. The number of carbonyl (C=O) groups is 2. The van der Waals surface area contributed by atoms with E-state index in [0.717, 1.165) is 32.2 Å². The summed E-state index contributed by atoms with van der Waals surface area (Å²) >= 11 is 0. The third-order valence-electron chi connectivity index (χ3n) is 3.85. The number of carbonyl (C=O) groups excluding carboxylic acids is 1. The van der Waals surface area contributed by atoms with Crippen LogP contribution in [0.1, 0.15) is 45.4 Å². The molecule has 1 heterocycles. The van der Waals surface area contributed by atoms with Gasteiger partial charge in [-0.25, -0.2) is 4.79 Å². The summed E-state index contributed by atoms with van der Waals surface area (Å²) in [7, 11) is 0. The van der Waals surface area contributed by atoms with E-state index in [9.17, 15) is 9.59 Å². The lowest BCUT2D eigenvalue weighted by atomic mass is 10.0. The van der Waals surface area contributed by atoms with Crippen molar-refractivity contribution in [1.29, 1.82) is 0 Å². The Morgan fingerprint density at radius 3 is 2.56 bits per heavy atom. The molecule has 2 amide bonds. The van der Waals surface area contributed by atoms with Crippen molar-refractivity contribution in [3.05, 3.63) is 0 Å². The van der Waals surface area contributed by atoms with Gasteiger partial charge in [0.25, 0.3) is 0 Å². The van der Waals surface area contributed by atoms with Crippen molar-refractivity contribution >= 4 is 12.0 Å². The third-order valence-corrected chi connectivity index (χ3v) is 3.85. The molecular weight excluding hydrogens is 232 g/mol. The van der Waals surface area contributed by atoms with Gasteiger partial charge in [-0.2, -0.15) is 0 Å². The number of nitrogens with zero attached hydrogens (tertiary/aromatic N) is 2. The lowest BCUT2D eigenvalue weighted by Crippen LogP contribution is -2.50. The highest BCUT2D eigenvalue weighted by Gasteiger charge is 2.36. The van der Waals surface area contributed by atoms with Gasteiger partial charge in [-0.1, -0.05) is 0 Å². The van der Waals surface area contributed by atoms with Crippen LogP contribution < -0.4 is 0 Å². The molecule has 2 aliphatic rings. The minimum absolute atomic E-state index is 0.0461. The van der Waals surface area contributed by atoms with Crippen molar-refractivity contribution in [3.8, 4) is 0 Å². The molecule has 18 heavy (non-hydrogen) atoms. The van der Waals surface area contributed by atoms with Crippen molar-refractivity contribution in [2.24, 2.45) is 0 Å². The minimum Gasteiger partial charge on any atom is -0.481 e. The minimum atomic E-state index is -0.833. The Balaban J connectivity index is 1.96. The average Bonchev–Trinajstić information content (AvgIpc) is 3.13. The van der Waals surface area contributed by atoms with Crippen molar-refractivity contribution < 1.29 is 14.7 Å². The molecule has 1 N–H and O–H groups in total. The van der Waals surface area contributed by atoms with E-state index in [0.29, 0.717) is 6.54 Å². The van der Waals surface area contributed by atoms with Crippen LogP contribution in [0.3, 0.4) is 0 Å². The lowest BCUT2D eigenvalue weighted by molar-refractivity contribution is -0.137. The molecule has 0 aromatic carbocycles. The molecule has 1 atom stereocenters. The van der Waals surface area contributed by atoms with E-state index in [1.807, 2.05) is 4.90 Å². The molecule has 0 aromatic heterocycles. The van der Waals surface area contributed by atoms with Gasteiger partial charge in [0.1, 0.15) is 0 Å². The lowest BCUT2D eigenvalue weighted by Gasteiger charge is -2.37. The first-order chi connectivity index (χ1) is 8.59. The summed E-state index contributed by atoms with van der Waals surface area (Å²) in [5, 5.41) is 8.76. The van der Waals surface area contributed by atoms with Crippen molar-refractivity contribution in [2.75, 3.05) is 13.1 Å². The highest BCUT2D eigenvalue weighted by atomic mass is 16.4. The van der Waals surface area contributed by atoms with E-state index in [4.69, 9.17) is 5.11 Å². The Morgan fingerprint density at radius 1 is 1.28 bits per heavy atom. The van der Waals surface area contributed by atoms with E-state index in [1.54, 1.807) is 4.90 Å². The van der Waals surface area contributed by atoms with Crippen molar-refractivity contribution in [1.82, 2.24) is 9.80 Å². The Morgan fingerprint density at radius 2 is 2.00 bits per heavy atom. The normalized spacial score (nSPS) is 23.8. The summed E-state index contributed by atoms with van der Waals surface area (Å²) in [6, 6.07) is 0.620. The third kappa shape index (κ3) is 3.15. The molecule has 1 unspecified atom stereocenters. The van der Waals surface area contributed by atoms with Crippen LogP contribution in [0, 0.1) is 0 Å². The van der Waals surface area contributed by atoms with Gasteiger partial charge in [-0.3, -0.25) is 4.79 Å². The van der Waals surface area contributed by atoms with Gasteiger partial charge in [0.2, 0.25) is 0 Å². The molecule has 1 saturated carbocycles. The van der Waals surface area contributed by atoms with E-state index in [2.05, 4.69) is 6.92 Å². The van der Waals surface area contributed by atoms with Crippen LogP contribution >= 0.6 is 0 Å². The second-order valence-corrected chi connectivity index (χ2v) is 5.39. The predicted octanol–water partition coefficient (Wildman–Crippen LogP) is 1.92. The summed E-state index contributed by atoms with van der Waals surface area (Å²) in [4.78, 5) is 26.8. The molecule has 0 aromatic rings. The van der Waals surface area contributed by atoms with Gasteiger partial charge in [-0.15, -0.1) is 0 Å². The molecule has 102 valence electrons. The molecular formula is C13H22N2O3. The number of hydrogen-bond donors (Lipinski definition) is 1. The van der Waals surface area contributed by atoms with Crippen molar-refractivity contribution in [2.45, 2.75) is 57.5 Å². The number of urea groups is 1. The van der Waals surface area contributed by atoms with Gasteiger partial charge in [0.15, 0.2) is 0 Å². The van der Waals surface area contributed by atoms with Crippen LogP contribution in [-0.4, -0.2) is 52.1 Å². The predicted molar refractivity (Wildman–Crippen MR) is 67.4 cm³/mol. The highest BCUT2D eigenvalue weighted by Crippen LogP contribution is 2.29. The molecule has 1 aliphatic heterocycles. The molecule has 0 bridgehead atoms. The van der Waals surface area contributed by atoms with E-state index >= 15 is 0 Å². The van der Waals surface area contributed by atoms with Gasteiger partial charge in [0.05, 0.1) is 6.42 Å². The Labute approximate surface area is 108 Å². The van der Waals surface area contributed by atoms with Crippen LogP contribution in [0.2, 0.25) is 0 Å². The summed E-state index contributed by atoms with van der Waals surface area (Å²) in [6.07, 6.45) is 5.39. The van der Waals surface area contributed by atoms with Crippen LogP contribution in [0.5, 0.6) is 0 Å². The topological polar surface area (TPSA) is 60.9 Å². The molecule has 1 saturated heterocycles. The molecule has 1 aliphatic carbocycles. The fourth-order valence-corrected chi connectivity index (χ4v) is 2.58. The van der Waals surface area contributed by atoms with Crippen LogP contribution in [0.25, 0.3) is 0 Å². The maximum atomic E-state index is 12.5. The second-order valence-electron chi connectivity index (χ2n) is 5.39. The quantitative estimate of drug-likeness (QED) is 0.833. The zero-order chi connectivity index (χ0) is 13.1. The first kappa shape index (κ1) is 13.2. The molecule has 5 nitrogen and oxygen atoms in total. The summed E-state index contributed by atoms with van der Waals surface area (Å²) in [5.74, 6) is -0.833. The molecule has 2 fully saturated rings. The van der Waals surface area contributed by atoms with Crippen LogP contribution in [0.15, 0.2) is 0 Å². The average molecular weight is 254 g/mol. The number of rotatable bonds is 4. The van der Waals surface area contributed by atoms with Gasteiger partial charge < -0.3 is 14.9 Å². The molecule has 0 spiro atoms. The van der Waals surface area contributed by atoms with E-state index in [-0.39, 0.29) is 24.5 Å². The zero-order valence-corrected chi connectivity index (χ0v) is 11.0. The Kier molecular flexibility index (Phi) is 4.09. The van der Waals surface area contributed by atoms with E-state index < -0.39 is 5.97 Å². The van der Waals surface area contributed by atoms with Crippen LogP contribution in [-0.2, 0) is 4.79 Å². The number of hydrogen-bond acceptors (Lipinski definition) is 2. The highest BCUT2D eigenvalue weighted by molar-refractivity contribution is 5.76. The standard InChI is InChI=1S/C13H22N2O3/c1-10-4-2-3-8-14(10)13(18)15(11-5-6-11)9-7-12(16)17/h10-11H,2-9H2,1H3,(H,16,17). The largest absolute Gasteiger partial charge is 0.481 e. The summed E-state index contributed by atoms with van der Waals surface area (Å²) < 4.78 is 0. The fraction of sp³-hybridized carbons (Fsp3) is 0.846. The van der Waals surface area contributed by atoms with Crippen molar-refractivity contribution in [3.63, 3.8) is 0 Å². The number of carboxylic acid groups (broad SMARTS) is 1. The molecule has 2 rings (SSSR count). The van der Waals surface area contributed by atoms with Crippen LogP contribution in [0.4, 0.5) is 4.79 Å². The summed E-state index contributed by atoms with van der Waals surface area (Å²) in [5.41, 5.74) is 0. The number of carboxylic acids is 1. The Hall–Kier alpha value is -1.26. The second kappa shape index (κ2) is 5.59. The maximum Gasteiger partial charge on any atom is 0.320 e. The fourth-order valence-electron chi connectivity index (χ4n) is 2.58. The smallest absolute Gasteiger partial charge is 0.320 e. The Bertz CT molecular complexity index is 328. The maximum absolute atomic E-state index is 12.5. The number of aliphatic carboxylic acids is 1. The monoisotopic (exact) mass is 254 g/mol. The van der Waals surface area contributed by atoms with Gasteiger partial charge >= 0.3 is 12.0 Å². The van der Waals surface area contributed by atoms with E-state index in [1.165, 1.54) is 6.42 Å². The van der Waals surface area contributed by atoms with Gasteiger partial charge in [0, 0.05) is 25.2 Å². The summed E-state index contributed by atoms with van der Waals surface area (Å²) in [6.45, 7) is 3.25. The zero-order valence-electron chi connectivity index (χ0n) is 11.0. The first-order valence-corrected chi connectivity index (χ1v) is 6.88. The molecule has 0 radical (unpaired) electrons. The molecule has 5 heteroatoms. The first-order valence-electron chi connectivity index (χ1n) is 6.88. The SMILES string of the molecule is CC1CCCCN1C(=O)N(CCC(=O)O)C1CC1.